The first-order chi connectivity index (χ1) is 15.2. The van der Waals surface area contributed by atoms with Crippen molar-refractivity contribution in [3.8, 4) is 5.75 Å². The number of carbonyl (C=O) groups is 1. The Kier molecular flexibility index (Phi) is 8.59. The first kappa shape index (κ1) is 22.5. The van der Waals surface area contributed by atoms with Crippen LogP contribution in [0.5, 0.6) is 5.75 Å². The van der Waals surface area contributed by atoms with Crippen LogP contribution < -0.4 is 4.74 Å². The molecule has 0 aliphatic rings. The summed E-state index contributed by atoms with van der Waals surface area (Å²) in [6.07, 6.45) is 4.71. The van der Waals surface area contributed by atoms with Crippen LogP contribution in [0, 0.1) is 5.41 Å². The van der Waals surface area contributed by atoms with Crippen LogP contribution in [0.4, 0.5) is 0 Å². The van der Waals surface area contributed by atoms with Crippen molar-refractivity contribution in [2.75, 3.05) is 20.3 Å². The topological polar surface area (TPSA) is 44.8 Å². The fraction of sp³-hybridized carbons (Fsp3) is 0.222. The van der Waals surface area contributed by atoms with Crippen LogP contribution >= 0.6 is 0 Å². The third-order valence-corrected chi connectivity index (χ3v) is 4.92. The number of rotatable bonds is 12. The molecule has 0 radical (unpaired) electrons. The Morgan fingerprint density at radius 2 is 1.26 bits per heavy atom. The highest BCUT2D eigenvalue weighted by atomic mass is 16.5. The number of benzene rings is 3. The van der Waals surface area contributed by atoms with Crippen molar-refractivity contribution in [1.29, 1.82) is 0 Å². The van der Waals surface area contributed by atoms with E-state index in [1.54, 1.807) is 7.11 Å². The summed E-state index contributed by atoms with van der Waals surface area (Å²) in [5, 5.41) is 0. The summed E-state index contributed by atoms with van der Waals surface area (Å²) in [6.45, 7) is 1.33. The summed E-state index contributed by atoms with van der Waals surface area (Å²) in [7, 11) is 1.64. The van der Waals surface area contributed by atoms with E-state index in [4.69, 9.17) is 14.2 Å². The zero-order valence-corrected chi connectivity index (χ0v) is 17.8. The van der Waals surface area contributed by atoms with Gasteiger partial charge in [0.2, 0.25) is 0 Å². The number of hydrogen-bond donors (Lipinski definition) is 0. The van der Waals surface area contributed by atoms with Gasteiger partial charge in [0.25, 0.3) is 0 Å². The van der Waals surface area contributed by atoms with E-state index in [0.717, 1.165) is 28.7 Å². The van der Waals surface area contributed by atoms with Gasteiger partial charge in [0.1, 0.15) is 12.0 Å². The van der Waals surface area contributed by atoms with Gasteiger partial charge in [-0.3, -0.25) is 0 Å². The zero-order chi connectivity index (χ0) is 21.8. The molecule has 3 aromatic rings. The SMILES string of the molecule is COc1ccc(C=CC(C=O)(COCc2ccccc2)COCc2ccccc2)cc1. The highest BCUT2D eigenvalue weighted by Gasteiger charge is 2.28. The van der Waals surface area contributed by atoms with E-state index < -0.39 is 5.41 Å². The number of methoxy groups -OCH3 is 1. The Morgan fingerprint density at radius 3 is 1.71 bits per heavy atom. The highest BCUT2D eigenvalue weighted by molar-refractivity contribution is 5.67. The van der Waals surface area contributed by atoms with Crippen molar-refractivity contribution < 1.29 is 19.0 Å². The molecule has 3 aromatic carbocycles. The predicted octanol–water partition coefficient (Wildman–Crippen LogP) is 5.33. The van der Waals surface area contributed by atoms with E-state index in [-0.39, 0.29) is 13.2 Å². The normalized spacial score (nSPS) is 11.5. The van der Waals surface area contributed by atoms with Crippen LogP contribution in [0.25, 0.3) is 6.08 Å². The Hall–Kier alpha value is -3.21. The zero-order valence-electron chi connectivity index (χ0n) is 17.8. The second-order valence-electron chi connectivity index (χ2n) is 7.41. The van der Waals surface area contributed by atoms with Crippen molar-refractivity contribution >= 4 is 12.4 Å². The van der Waals surface area contributed by atoms with Gasteiger partial charge >= 0.3 is 0 Å². The molecule has 0 spiro atoms. The average molecular weight is 417 g/mol. The second-order valence-corrected chi connectivity index (χ2v) is 7.41. The van der Waals surface area contributed by atoms with E-state index in [0.29, 0.717) is 13.2 Å². The average Bonchev–Trinajstić information content (AvgIpc) is 2.84. The Balaban J connectivity index is 1.69. The molecule has 0 unspecified atom stereocenters. The number of hydrogen-bond acceptors (Lipinski definition) is 4. The molecule has 31 heavy (non-hydrogen) atoms. The van der Waals surface area contributed by atoms with Crippen LogP contribution in [0.3, 0.4) is 0 Å². The molecule has 0 fully saturated rings. The van der Waals surface area contributed by atoms with Crippen LogP contribution in [-0.2, 0) is 27.5 Å². The monoisotopic (exact) mass is 416 g/mol. The van der Waals surface area contributed by atoms with Gasteiger partial charge in [-0.05, 0) is 28.8 Å². The van der Waals surface area contributed by atoms with Crippen LogP contribution in [0.2, 0.25) is 0 Å². The fourth-order valence-corrected chi connectivity index (χ4v) is 3.09. The highest BCUT2D eigenvalue weighted by Crippen LogP contribution is 2.22. The third-order valence-electron chi connectivity index (χ3n) is 4.92. The van der Waals surface area contributed by atoms with Gasteiger partial charge in [-0.2, -0.15) is 0 Å². The lowest BCUT2D eigenvalue weighted by atomic mass is 9.90. The Bertz CT molecular complexity index is 888. The van der Waals surface area contributed by atoms with E-state index >= 15 is 0 Å². The van der Waals surface area contributed by atoms with Crippen LogP contribution in [0.15, 0.2) is 91.0 Å². The lowest BCUT2D eigenvalue weighted by Gasteiger charge is -2.24. The summed E-state index contributed by atoms with van der Waals surface area (Å²) in [5.41, 5.74) is 2.21. The Morgan fingerprint density at radius 1 is 0.742 bits per heavy atom. The third kappa shape index (κ3) is 7.21. The van der Waals surface area contributed by atoms with Gasteiger partial charge in [0.05, 0.1) is 39.0 Å². The van der Waals surface area contributed by atoms with E-state index in [2.05, 4.69) is 0 Å². The molecule has 0 aliphatic carbocycles. The molecule has 4 nitrogen and oxygen atoms in total. The van der Waals surface area contributed by atoms with Crippen molar-refractivity contribution in [3.05, 3.63) is 108 Å². The van der Waals surface area contributed by atoms with Gasteiger partial charge in [0, 0.05) is 0 Å². The van der Waals surface area contributed by atoms with Crippen molar-refractivity contribution in [2.45, 2.75) is 13.2 Å². The molecule has 3 rings (SSSR count). The summed E-state index contributed by atoms with van der Waals surface area (Å²) in [6, 6.07) is 27.5. The largest absolute Gasteiger partial charge is 0.497 e. The lowest BCUT2D eigenvalue weighted by Crippen LogP contribution is -2.32. The maximum Gasteiger partial charge on any atom is 0.134 e. The molecule has 0 heterocycles. The smallest absolute Gasteiger partial charge is 0.134 e. The van der Waals surface area contributed by atoms with Gasteiger partial charge < -0.3 is 19.0 Å². The van der Waals surface area contributed by atoms with Gasteiger partial charge in [0.15, 0.2) is 0 Å². The molecule has 0 bridgehead atoms. The molecule has 0 aliphatic heterocycles. The standard InChI is InChI=1S/C27H28O4/c1-29-26-14-12-23(13-15-26)16-17-27(20-28,21-30-18-24-8-4-2-5-9-24)22-31-19-25-10-6-3-7-11-25/h2-17,20H,18-19,21-22H2,1H3. The first-order valence-electron chi connectivity index (χ1n) is 10.3. The molecule has 4 heteroatoms. The minimum atomic E-state index is -0.885. The number of ether oxygens (including phenoxy) is 3. The summed E-state index contributed by atoms with van der Waals surface area (Å²) >= 11 is 0. The molecular formula is C27H28O4. The predicted molar refractivity (Wildman–Crippen MR) is 123 cm³/mol. The van der Waals surface area contributed by atoms with Gasteiger partial charge in [-0.15, -0.1) is 0 Å². The maximum atomic E-state index is 12.2. The molecule has 0 atom stereocenters. The quantitative estimate of drug-likeness (QED) is 0.375. The first-order valence-corrected chi connectivity index (χ1v) is 10.3. The van der Waals surface area contributed by atoms with Crippen molar-refractivity contribution in [1.82, 2.24) is 0 Å². The molecule has 160 valence electrons. The molecule has 0 aromatic heterocycles. The van der Waals surface area contributed by atoms with E-state index in [1.807, 2.05) is 97.1 Å². The minimum absolute atomic E-state index is 0.229. The maximum absolute atomic E-state index is 12.2. The summed E-state index contributed by atoms with van der Waals surface area (Å²) in [4.78, 5) is 12.2. The fourth-order valence-electron chi connectivity index (χ4n) is 3.09. The van der Waals surface area contributed by atoms with Crippen LogP contribution in [-0.4, -0.2) is 26.6 Å². The summed E-state index contributed by atoms with van der Waals surface area (Å²) < 4.78 is 17.0. The van der Waals surface area contributed by atoms with E-state index in [9.17, 15) is 4.79 Å². The number of aldehydes is 1. The van der Waals surface area contributed by atoms with E-state index in [1.165, 1.54) is 0 Å². The molecule has 0 saturated heterocycles. The van der Waals surface area contributed by atoms with Crippen molar-refractivity contribution in [2.24, 2.45) is 5.41 Å². The minimum Gasteiger partial charge on any atom is -0.497 e. The summed E-state index contributed by atoms with van der Waals surface area (Å²) in [5.74, 6) is 0.788. The van der Waals surface area contributed by atoms with Crippen molar-refractivity contribution in [3.63, 3.8) is 0 Å². The molecule has 0 saturated carbocycles. The molecule has 0 amide bonds. The Labute approximate surface area is 184 Å². The van der Waals surface area contributed by atoms with Crippen LogP contribution in [0.1, 0.15) is 16.7 Å². The molecular weight excluding hydrogens is 388 g/mol. The van der Waals surface area contributed by atoms with Gasteiger partial charge in [-0.1, -0.05) is 84.9 Å². The lowest BCUT2D eigenvalue weighted by molar-refractivity contribution is -0.121. The number of carbonyl (C=O) groups excluding carboxylic acids is 1. The molecule has 0 N–H and O–H groups in total. The van der Waals surface area contributed by atoms with Gasteiger partial charge in [-0.25, -0.2) is 0 Å². The second kappa shape index (κ2) is 11.8.